The van der Waals surface area contributed by atoms with Crippen molar-refractivity contribution in [3.05, 3.63) is 80.5 Å². The lowest BCUT2D eigenvalue weighted by Crippen LogP contribution is -2.55. The largest absolute Gasteiger partial charge is 0.486 e. The minimum Gasteiger partial charge on any atom is -0.486 e. The van der Waals surface area contributed by atoms with Gasteiger partial charge in [-0.1, -0.05) is 32.1 Å². The zero-order valence-electron chi connectivity index (χ0n) is 18.8. The number of carbonyl (C=O) groups excluding carboxylic acids is 1. The molecule has 0 fully saturated rings. The average Bonchev–Trinajstić information content (AvgIpc) is 2.80. The lowest BCUT2D eigenvalue weighted by molar-refractivity contribution is -0.122. The number of allylic oxidation sites excluding steroid dienone is 2. The van der Waals surface area contributed by atoms with E-state index in [1.165, 1.54) is 12.2 Å². The molecule has 1 aromatic carbocycles. The smallest absolute Gasteiger partial charge is 0.337 e. The van der Waals surface area contributed by atoms with Gasteiger partial charge in [-0.25, -0.2) is 28.1 Å². The molecule has 0 bridgehead atoms. The first kappa shape index (κ1) is 23.8. The van der Waals surface area contributed by atoms with Crippen molar-refractivity contribution < 1.29 is 14.3 Å². The van der Waals surface area contributed by atoms with Crippen LogP contribution in [0.25, 0.3) is 0 Å². The third-order valence-corrected chi connectivity index (χ3v) is 5.22. The second-order valence-corrected chi connectivity index (χ2v) is 7.92. The van der Waals surface area contributed by atoms with Gasteiger partial charge in [0.25, 0.3) is 0 Å². The topological polar surface area (TPSA) is 114 Å². The van der Waals surface area contributed by atoms with Crippen LogP contribution >= 0.6 is 0 Å². The summed E-state index contributed by atoms with van der Waals surface area (Å²) in [6.45, 7) is 11.1. The van der Waals surface area contributed by atoms with Crippen molar-refractivity contribution in [2.75, 3.05) is 13.2 Å². The molecule has 0 aliphatic carbocycles. The van der Waals surface area contributed by atoms with Gasteiger partial charge in [0.05, 0.1) is 19.1 Å². The van der Waals surface area contributed by atoms with Gasteiger partial charge in [-0.3, -0.25) is 4.79 Å². The Hall–Kier alpha value is -3.82. The molecule has 0 saturated heterocycles. The summed E-state index contributed by atoms with van der Waals surface area (Å²) in [6, 6.07) is 5.03. The summed E-state index contributed by atoms with van der Waals surface area (Å²) >= 11 is 0. The zero-order valence-corrected chi connectivity index (χ0v) is 18.8. The highest BCUT2D eigenvalue weighted by atomic mass is 16.6. The summed E-state index contributed by atoms with van der Waals surface area (Å²) in [5.41, 5.74) is -1.73. The van der Waals surface area contributed by atoms with Gasteiger partial charge in [0, 0.05) is 0 Å². The van der Waals surface area contributed by atoms with Crippen molar-refractivity contribution in [3.8, 4) is 11.5 Å². The van der Waals surface area contributed by atoms with E-state index < -0.39 is 35.6 Å². The predicted octanol–water partition coefficient (Wildman–Crippen LogP) is 0.828. The molecule has 2 heterocycles. The van der Waals surface area contributed by atoms with Crippen molar-refractivity contribution in [2.24, 2.45) is 5.92 Å². The number of fused-ring (bicyclic) bond motifs is 1. The van der Waals surface area contributed by atoms with Crippen LogP contribution in [0.3, 0.4) is 0 Å². The van der Waals surface area contributed by atoms with E-state index in [0.717, 1.165) is 19.3 Å². The zero-order chi connectivity index (χ0) is 24.1. The van der Waals surface area contributed by atoms with Gasteiger partial charge >= 0.3 is 17.1 Å². The first-order chi connectivity index (χ1) is 15.8. The third-order valence-electron chi connectivity index (χ3n) is 5.22. The highest BCUT2D eigenvalue weighted by Gasteiger charge is 2.23. The van der Waals surface area contributed by atoms with Crippen LogP contribution in [0.1, 0.15) is 25.5 Å². The summed E-state index contributed by atoms with van der Waals surface area (Å²) in [6.07, 6.45) is 2.74. The molecule has 3 rings (SSSR count). The molecule has 0 saturated carbocycles. The number of carbonyl (C=O) groups is 1. The molecule has 2 aromatic rings. The van der Waals surface area contributed by atoms with Crippen LogP contribution < -0.4 is 31.9 Å². The highest BCUT2D eigenvalue weighted by Crippen LogP contribution is 2.34. The molecule has 1 atom stereocenters. The van der Waals surface area contributed by atoms with Crippen molar-refractivity contribution in [2.45, 2.75) is 39.5 Å². The molecule has 10 heteroatoms. The lowest BCUT2D eigenvalue weighted by Gasteiger charge is -2.25. The van der Waals surface area contributed by atoms with Gasteiger partial charge < -0.3 is 14.8 Å². The van der Waals surface area contributed by atoms with E-state index in [-0.39, 0.29) is 19.0 Å². The Balaban J connectivity index is 1.92. The first-order valence-electron chi connectivity index (χ1n) is 10.6. The maximum atomic E-state index is 12.9. The molecular weight excluding hydrogens is 428 g/mol. The third kappa shape index (κ3) is 5.00. The fourth-order valence-corrected chi connectivity index (χ4v) is 3.64. The second kappa shape index (κ2) is 10.2. The Morgan fingerprint density at radius 2 is 1.52 bits per heavy atom. The van der Waals surface area contributed by atoms with E-state index in [1.54, 1.807) is 6.07 Å². The summed E-state index contributed by atoms with van der Waals surface area (Å²) in [5.74, 6) is 0.688. The molecule has 1 aromatic heterocycles. The summed E-state index contributed by atoms with van der Waals surface area (Å²) in [5, 5.41) is 2.89. The predicted molar refractivity (Wildman–Crippen MR) is 123 cm³/mol. The van der Waals surface area contributed by atoms with Crippen LogP contribution in [0.5, 0.6) is 11.5 Å². The van der Waals surface area contributed by atoms with Crippen molar-refractivity contribution >= 4 is 5.91 Å². The number of benzene rings is 1. The average molecular weight is 456 g/mol. The molecule has 33 heavy (non-hydrogen) atoms. The molecule has 1 N–H and O–H groups in total. The number of amides is 1. The Kier molecular flexibility index (Phi) is 7.37. The number of aromatic nitrogens is 3. The van der Waals surface area contributed by atoms with Crippen LogP contribution in [0.15, 0.2) is 57.9 Å². The normalized spacial score (nSPS) is 13.4. The number of nitrogens with one attached hydrogen (secondary N) is 1. The first-order valence-corrected chi connectivity index (χ1v) is 10.6. The maximum Gasteiger partial charge on any atom is 0.337 e. The van der Waals surface area contributed by atoms with Crippen molar-refractivity contribution in [3.63, 3.8) is 0 Å². The molecule has 176 valence electrons. The van der Waals surface area contributed by atoms with Gasteiger partial charge in [-0.2, -0.15) is 0 Å². The molecule has 1 aliphatic heterocycles. The van der Waals surface area contributed by atoms with Gasteiger partial charge in [0.15, 0.2) is 11.5 Å². The van der Waals surface area contributed by atoms with E-state index in [2.05, 4.69) is 18.5 Å². The molecule has 1 amide bonds. The number of ether oxygens (including phenoxy) is 2. The van der Waals surface area contributed by atoms with Crippen LogP contribution in [0.2, 0.25) is 0 Å². The number of hydrogen-bond donors (Lipinski definition) is 1. The van der Waals surface area contributed by atoms with Crippen LogP contribution in [-0.4, -0.2) is 32.8 Å². The van der Waals surface area contributed by atoms with Crippen LogP contribution in [0, 0.1) is 5.92 Å². The van der Waals surface area contributed by atoms with Gasteiger partial charge in [-0.15, -0.1) is 13.2 Å². The maximum absolute atomic E-state index is 12.9. The van der Waals surface area contributed by atoms with Crippen molar-refractivity contribution in [1.29, 1.82) is 0 Å². The Morgan fingerprint density at radius 1 is 0.970 bits per heavy atom. The molecule has 0 radical (unpaired) electrons. The molecular formula is C23H28N4O6. The Morgan fingerprint density at radius 3 is 2.06 bits per heavy atom. The van der Waals surface area contributed by atoms with Gasteiger partial charge in [0.1, 0.15) is 19.8 Å². The highest BCUT2D eigenvalue weighted by molar-refractivity contribution is 5.76. The van der Waals surface area contributed by atoms with Crippen LogP contribution in [-0.2, 0) is 24.4 Å². The van der Waals surface area contributed by atoms with Gasteiger partial charge in [-0.05, 0) is 23.6 Å². The molecule has 0 unspecified atom stereocenters. The summed E-state index contributed by atoms with van der Waals surface area (Å²) < 4.78 is 13.6. The van der Waals surface area contributed by atoms with E-state index in [4.69, 9.17) is 9.47 Å². The minimum absolute atomic E-state index is 0.000346. The van der Waals surface area contributed by atoms with E-state index in [9.17, 15) is 19.2 Å². The van der Waals surface area contributed by atoms with Crippen molar-refractivity contribution in [1.82, 2.24) is 19.0 Å². The number of nitrogens with zero attached hydrogens (tertiary/aromatic N) is 3. The Labute approximate surface area is 190 Å². The second-order valence-electron chi connectivity index (χ2n) is 7.92. The van der Waals surface area contributed by atoms with Gasteiger partial charge in [0.2, 0.25) is 5.91 Å². The number of rotatable bonds is 9. The fourth-order valence-electron chi connectivity index (χ4n) is 3.64. The van der Waals surface area contributed by atoms with E-state index in [1.807, 2.05) is 26.0 Å². The molecule has 0 spiro atoms. The summed E-state index contributed by atoms with van der Waals surface area (Å²) in [4.78, 5) is 50.9. The Bertz CT molecular complexity index is 1190. The summed E-state index contributed by atoms with van der Waals surface area (Å²) in [7, 11) is 0. The standard InChI is InChI=1S/C23H28N4O6/c1-5-9-25-21(29)26(10-6-2)23(31)27(22(25)30)14-19(28)24-20(15(3)4)16-7-8-17-18(13-16)33-12-11-32-17/h5-8,13,15,20H,1-2,9-12,14H2,3-4H3,(H,24,28)/t20-/m1/s1. The quantitative estimate of drug-likeness (QED) is 0.559. The minimum atomic E-state index is -0.874. The number of hydrogen-bond acceptors (Lipinski definition) is 6. The van der Waals surface area contributed by atoms with E-state index in [0.29, 0.717) is 24.7 Å². The monoisotopic (exact) mass is 456 g/mol. The molecule has 10 nitrogen and oxygen atoms in total. The van der Waals surface area contributed by atoms with E-state index >= 15 is 0 Å². The molecule has 1 aliphatic rings. The fraction of sp³-hybridized carbons (Fsp3) is 0.391. The van der Waals surface area contributed by atoms with Crippen LogP contribution in [0.4, 0.5) is 0 Å². The SMILES string of the molecule is C=CCn1c(=O)n(CC=C)c(=O)n(CC(=O)N[C@@H](c2ccc3c(c2)OCCO3)C(C)C)c1=O. The lowest BCUT2D eigenvalue weighted by atomic mass is 9.95.